The molecule has 0 spiro atoms. The van der Waals surface area contributed by atoms with E-state index in [0.29, 0.717) is 6.42 Å². The highest BCUT2D eigenvalue weighted by Gasteiger charge is 2.25. The molecule has 23 heavy (non-hydrogen) atoms. The molecule has 1 fully saturated rings. The number of carbonyl (C=O) groups is 1. The second-order valence-corrected chi connectivity index (χ2v) is 7.41. The van der Waals surface area contributed by atoms with Gasteiger partial charge in [-0.15, -0.1) is 23.1 Å². The Morgan fingerprint density at radius 2 is 2.26 bits per heavy atom. The van der Waals surface area contributed by atoms with Gasteiger partial charge in [0.15, 0.2) is 5.13 Å². The van der Waals surface area contributed by atoms with E-state index in [1.54, 1.807) is 23.1 Å². The number of aromatic nitrogens is 1. The van der Waals surface area contributed by atoms with Crippen LogP contribution in [0.25, 0.3) is 0 Å². The lowest BCUT2D eigenvalue weighted by molar-refractivity contribution is -0.121. The number of thioether (sulfide) groups is 1. The lowest BCUT2D eigenvalue weighted by Gasteiger charge is -2.15. The van der Waals surface area contributed by atoms with Crippen LogP contribution in [0.2, 0.25) is 0 Å². The van der Waals surface area contributed by atoms with Crippen LogP contribution in [-0.4, -0.2) is 36.3 Å². The zero-order chi connectivity index (χ0) is 16.1. The van der Waals surface area contributed by atoms with Crippen LogP contribution in [0, 0.1) is 0 Å². The molecule has 1 saturated heterocycles. The topological polar surface area (TPSA) is 45.2 Å². The van der Waals surface area contributed by atoms with Gasteiger partial charge in [-0.05, 0) is 36.8 Å². The number of amides is 1. The Morgan fingerprint density at radius 1 is 1.43 bits per heavy atom. The van der Waals surface area contributed by atoms with Gasteiger partial charge in [-0.3, -0.25) is 4.79 Å². The number of hydrogen-bond acceptors (Lipinski definition) is 5. The molecule has 6 heteroatoms. The summed E-state index contributed by atoms with van der Waals surface area (Å²) in [6, 6.07) is 8.68. The second-order valence-electron chi connectivity index (χ2n) is 5.66. The summed E-state index contributed by atoms with van der Waals surface area (Å²) in [6.07, 6.45) is 6.23. The highest BCUT2D eigenvalue weighted by molar-refractivity contribution is 7.98. The van der Waals surface area contributed by atoms with Crippen molar-refractivity contribution in [3.8, 4) is 0 Å². The number of hydrogen-bond donors (Lipinski definition) is 1. The molecule has 1 aromatic carbocycles. The summed E-state index contributed by atoms with van der Waals surface area (Å²) in [5.41, 5.74) is 1.22. The Bertz CT molecular complexity index is 628. The predicted octanol–water partition coefficient (Wildman–Crippen LogP) is 3.19. The smallest absolute Gasteiger partial charge is 0.220 e. The van der Waals surface area contributed by atoms with Crippen molar-refractivity contribution in [2.75, 3.05) is 24.2 Å². The van der Waals surface area contributed by atoms with E-state index in [2.05, 4.69) is 45.7 Å². The second kappa shape index (κ2) is 7.84. The number of carbonyl (C=O) groups excluding carboxylic acids is 1. The normalized spacial score (nSPS) is 17.4. The first-order valence-corrected chi connectivity index (χ1v) is 9.92. The van der Waals surface area contributed by atoms with E-state index in [1.807, 2.05) is 11.6 Å². The SMILES string of the molecule is CSc1ccc(CCC(=O)N[C@@H]2CCN(c3nccs3)C2)cc1. The number of benzene rings is 1. The van der Waals surface area contributed by atoms with E-state index in [9.17, 15) is 4.79 Å². The molecule has 122 valence electrons. The minimum Gasteiger partial charge on any atom is -0.352 e. The fourth-order valence-corrected chi connectivity index (χ4v) is 3.86. The van der Waals surface area contributed by atoms with Crippen molar-refractivity contribution in [2.24, 2.45) is 0 Å². The highest BCUT2D eigenvalue weighted by Crippen LogP contribution is 2.22. The first-order valence-electron chi connectivity index (χ1n) is 7.81. The van der Waals surface area contributed by atoms with Gasteiger partial charge >= 0.3 is 0 Å². The van der Waals surface area contributed by atoms with Gasteiger partial charge in [0.05, 0.1) is 0 Å². The Hall–Kier alpha value is -1.53. The van der Waals surface area contributed by atoms with Gasteiger partial charge in [0.1, 0.15) is 0 Å². The number of aryl methyl sites for hydroxylation is 1. The molecule has 2 aromatic rings. The van der Waals surface area contributed by atoms with Crippen molar-refractivity contribution >= 4 is 34.1 Å². The third-order valence-corrected chi connectivity index (χ3v) is 5.62. The zero-order valence-corrected chi connectivity index (χ0v) is 14.8. The largest absolute Gasteiger partial charge is 0.352 e. The maximum atomic E-state index is 12.1. The first-order chi connectivity index (χ1) is 11.2. The van der Waals surface area contributed by atoms with Crippen molar-refractivity contribution in [1.82, 2.24) is 10.3 Å². The van der Waals surface area contributed by atoms with Gasteiger partial charge in [-0.2, -0.15) is 0 Å². The number of nitrogens with one attached hydrogen (secondary N) is 1. The summed E-state index contributed by atoms with van der Waals surface area (Å²) in [6.45, 7) is 1.83. The molecule has 1 aliphatic rings. The maximum Gasteiger partial charge on any atom is 0.220 e. The predicted molar refractivity (Wildman–Crippen MR) is 97.4 cm³/mol. The fraction of sp³-hybridized carbons (Fsp3) is 0.412. The lowest BCUT2D eigenvalue weighted by Crippen LogP contribution is -2.37. The summed E-state index contributed by atoms with van der Waals surface area (Å²) in [5.74, 6) is 0.143. The van der Waals surface area contributed by atoms with Crippen LogP contribution in [0.3, 0.4) is 0 Å². The summed E-state index contributed by atoms with van der Waals surface area (Å²) >= 11 is 3.39. The van der Waals surface area contributed by atoms with Crippen molar-refractivity contribution in [3.63, 3.8) is 0 Å². The van der Waals surface area contributed by atoms with E-state index in [0.717, 1.165) is 31.1 Å². The Kier molecular flexibility index (Phi) is 5.56. The zero-order valence-electron chi connectivity index (χ0n) is 13.2. The van der Waals surface area contributed by atoms with E-state index < -0.39 is 0 Å². The molecular weight excluding hydrogens is 326 g/mol. The fourth-order valence-electron chi connectivity index (χ4n) is 2.77. The minimum absolute atomic E-state index is 0.143. The van der Waals surface area contributed by atoms with Crippen molar-refractivity contribution in [2.45, 2.75) is 30.2 Å². The van der Waals surface area contributed by atoms with E-state index in [1.165, 1.54) is 10.5 Å². The van der Waals surface area contributed by atoms with Gasteiger partial charge in [-0.1, -0.05) is 12.1 Å². The molecule has 1 amide bonds. The Morgan fingerprint density at radius 3 is 2.96 bits per heavy atom. The van der Waals surface area contributed by atoms with Crippen molar-refractivity contribution < 1.29 is 4.79 Å². The lowest BCUT2D eigenvalue weighted by atomic mass is 10.1. The quantitative estimate of drug-likeness (QED) is 0.815. The Balaban J connectivity index is 1.42. The molecule has 1 aromatic heterocycles. The summed E-state index contributed by atoms with van der Waals surface area (Å²) in [4.78, 5) is 20.0. The molecule has 0 saturated carbocycles. The third-order valence-electron chi connectivity index (χ3n) is 4.04. The molecule has 1 N–H and O–H groups in total. The molecule has 0 radical (unpaired) electrons. The minimum atomic E-state index is 0.143. The molecule has 2 heterocycles. The molecule has 0 unspecified atom stereocenters. The monoisotopic (exact) mass is 347 g/mol. The Labute approximate surface area is 145 Å². The number of nitrogens with zero attached hydrogens (tertiary/aromatic N) is 2. The van der Waals surface area contributed by atoms with E-state index >= 15 is 0 Å². The molecule has 1 aliphatic heterocycles. The summed E-state index contributed by atoms with van der Waals surface area (Å²) in [7, 11) is 0. The van der Waals surface area contributed by atoms with Crippen LogP contribution in [0.15, 0.2) is 40.7 Å². The third kappa shape index (κ3) is 4.48. The number of thiazole rings is 1. The molecule has 1 atom stereocenters. The molecular formula is C17H21N3OS2. The average molecular weight is 348 g/mol. The van der Waals surface area contributed by atoms with Crippen LogP contribution in [0.4, 0.5) is 5.13 Å². The van der Waals surface area contributed by atoms with Crippen molar-refractivity contribution in [3.05, 3.63) is 41.4 Å². The van der Waals surface area contributed by atoms with Crippen LogP contribution < -0.4 is 10.2 Å². The van der Waals surface area contributed by atoms with Gasteiger partial charge in [0, 0.05) is 42.0 Å². The number of anilines is 1. The standard InChI is InChI=1S/C17H21N3OS2/c1-22-15-5-2-13(3-6-15)4-7-16(21)19-14-8-10-20(12-14)17-18-9-11-23-17/h2-3,5-6,9,11,14H,4,7-8,10,12H2,1H3,(H,19,21)/t14-/m1/s1. The molecule has 0 aliphatic carbocycles. The summed E-state index contributed by atoms with van der Waals surface area (Å²) < 4.78 is 0. The van der Waals surface area contributed by atoms with Crippen LogP contribution in [0.1, 0.15) is 18.4 Å². The highest BCUT2D eigenvalue weighted by atomic mass is 32.2. The van der Waals surface area contributed by atoms with Crippen LogP contribution in [0.5, 0.6) is 0 Å². The van der Waals surface area contributed by atoms with E-state index in [-0.39, 0.29) is 11.9 Å². The van der Waals surface area contributed by atoms with E-state index in [4.69, 9.17) is 0 Å². The molecule has 4 nitrogen and oxygen atoms in total. The molecule has 0 bridgehead atoms. The number of rotatable bonds is 6. The summed E-state index contributed by atoms with van der Waals surface area (Å²) in [5, 5.41) is 6.20. The van der Waals surface area contributed by atoms with Gasteiger partial charge < -0.3 is 10.2 Å². The van der Waals surface area contributed by atoms with Gasteiger partial charge in [0.2, 0.25) is 5.91 Å². The van der Waals surface area contributed by atoms with Crippen LogP contribution in [-0.2, 0) is 11.2 Å². The average Bonchev–Trinajstić information content (AvgIpc) is 3.24. The van der Waals surface area contributed by atoms with Crippen molar-refractivity contribution in [1.29, 1.82) is 0 Å². The van der Waals surface area contributed by atoms with Crippen LogP contribution >= 0.6 is 23.1 Å². The van der Waals surface area contributed by atoms with Gasteiger partial charge in [0.25, 0.3) is 0 Å². The maximum absolute atomic E-state index is 12.1. The first kappa shape index (κ1) is 16.3. The molecule has 3 rings (SSSR count). The van der Waals surface area contributed by atoms with Gasteiger partial charge in [-0.25, -0.2) is 4.98 Å².